The van der Waals surface area contributed by atoms with Crippen LogP contribution in [-0.2, 0) is 16.4 Å². The molecule has 1 unspecified atom stereocenters. The minimum atomic E-state index is -3.39. The van der Waals surface area contributed by atoms with E-state index in [4.69, 9.17) is 5.73 Å². The average Bonchev–Trinajstić information content (AvgIpc) is 2.29. The Morgan fingerprint density at radius 1 is 1.38 bits per heavy atom. The molecule has 0 fully saturated rings. The standard InChI is InChI=1S/C11H18N2O2S/c1-3-10(12)8-9-6-4-5-7-11(9)16(14,15)13-2/h4-7,10,13H,3,8,12H2,1-2H3. The van der Waals surface area contributed by atoms with Crippen LogP contribution in [0.2, 0.25) is 0 Å². The molecule has 1 rings (SSSR count). The molecule has 16 heavy (non-hydrogen) atoms. The van der Waals surface area contributed by atoms with Crippen molar-refractivity contribution in [2.45, 2.75) is 30.7 Å². The van der Waals surface area contributed by atoms with Gasteiger partial charge in [0.15, 0.2) is 0 Å². The summed E-state index contributed by atoms with van der Waals surface area (Å²) in [6.07, 6.45) is 1.40. The summed E-state index contributed by atoms with van der Waals surface area (Å²) in [7, 11) is -1.98. The molecule has 0 aliphatic heterocycles. The quantitative estimate of drug-likeness (QED) is 0.805. The highest BCUT2D eigenvalue weighted by molar-refractivity contribution is 7.89. The zero-order valence-corrected chi connectivity index (χ0v) is 10.4. The number of rotatable bonds is 5. The van der Waals surface area contributed by atoms with Crippen molar-refractivity contribution in [1.29, 1.82) is 0 Å². The maximum Gasteiger partial charge on any atom is 0.240 e. The fourth-order valence-corrected chi connectivity index (χ4v) is 2.45. The summed E-state index contributed by atoms with van der Waals surface area (Å²) < 4.78 is 25.8. The third-order valence-corrected chi connectivity index (χ3v) is 4.05. The van der Waals surface area contributed by atoms with Gasteiger partial charge in [0.25, 0.3) is 0 Å². The molecule has 4 nitrogen and oxygen atoms in total. The van der Waals surface area contributed by atoms with Gasteiger partial charge in [-0.1, -0.05) is 25.1 Å². The lowest BCUT2D eigenvalue weighted by atomic mass is 10.1. The van der Waals surface area contributed by atoms with Crippen LogP contribution < -0.4 is 10.5 Å². The van der Waals surface area contributed by atoms with Crippen LogP contribution in [0.15, 0.2) is 29.2 Å². The molecule has 0 aliphatic rings. The van der Waals surface area contributed by atoms with E-state index in [2.05, 4.69) is 4.72 Å². The number of sulfonamides is 1. The highest BCUT2D eigenvalue weighted by Gasteiger charge is 2.16. The van der Waals surface area contributed by atoms with Gasteiger partial charge in [0, 0.05) is 6.04 Å². The molecule has 0 saturated heterocycles. The molecule has 0 radical (unpaired) electrons. The molecule has 90 valence electrons. The highest BCUT2D eigenvalue weighted by Crippen LogP contribution is 2.16. The molecule has 0 aromatic heterocycles. The molecule has 0 spiro atoms. The van der Waals surface area contributed by atoms with E-state index in [9.17, 15) is 8.42 Å². The Kier molecular flexibility index (Phi) is 4.46. The van der Waals surface area contributed by atoms with Crippen molar-refractivity contribution in [3.05, 3.63) is 29.8 Å². The second-order valence-corrected chi connectivity index (χ2v) is 5.54. The Balaban J connectivity index is 3.11. The lowest BCUT2D eigenvalue weighted by Gasteiger charge is -2.13. The molecular weight excluding hydrogens is 224 g/mol. The van der Waals surface area contributed by atoms with Crippen molar-refractivity contribution >= 4 is 10.0 Å². The predicted octanol–water partition coefficient (Wildman–Crippen LogP) is 0.875. The van der Waals surface area contributed by atoms with Gasteiger partial charge in [0.05, 0.1) is 4.90 Å². The van der Waals surface area contributed by atoms with Crippen LogP contribution in [0.3, 0.4) is 0 Å². The zero-order chi connectivity index (χ0) is 12.2. The summed E-state index contributed by atoms with van der Waals surface area (Å²) >= 11 is 0. The van der Waals surface area contributed by atoms with E-state index in [0.29, 0.717) is 11.3 Å². The zero-order valence-electron chi connectivity index (χ0n) is 9.60. The minimum Gasteiger partial charge on any atom is -0.327 e. The Hall–Kier alpha value is -0.910. The van der Waals surface area contributed by atoms with Gasteiger partial charge >= 0.3 is 0 Å². The van der Waals surface area contributed by atoms with Crippen molar-refractivity contribution in [3.63, 3.8) is 0 Å². The van der Waals surface area contributed by atoms with Gasteiger partial charge in [0.2, 0.25) is 10.0 Å². The van der Waals surface area contributed by atoms with E-state index >= 15 is 0 Å². The Morgan fingerprint density at radius 3 is 2.56 bits per heavy atom. The van der Waals surface area contributed by atoms with Crippen molar-refractivity contribution < 1.29 is 8.42 Å². The van der Waals surface area contributed by atoms with Crippen LogP contribution in [0, 0.1) is 0 Å². The molecule has 0 amide bonds. The summed E-state index contributed by atoms with van der Waals surface area (Å²) in [5.41, 5.74) is 6.61. The molecule has 0 heterocycles. The van der Waals surface area contributed by atoms with E-state index in [0.717, 1.165) is 12.0 Å². The lowest BCUT2D eigenvalue weighted by molar-refractivity contribution is 0.584. The molecule has 0 aliphatic carbocycles. The van der Waals surface area contributed by atoms with E-state index in [1.165, 1.54) is 7.05 Å². The van der Waals surface area contributed by atoms with Crippen molar-refractivity contribution in [3.8, 4) is 0 Å². The fourth-order valence-electron chi connectivity index (χ4n) is 1.47. The number of benzene rings is 1. The second-order valence-electron chi connectivity index (χ2n) is 3.69. The van der Waals surface area contributed by atoms with Gasteiger partial charge in [-0.05, 0) is 31.5 Å². The topological polar surface area (TPSA) is 72.2 Å². The Labute approximate surface area is 96.9 Å². The molecule has 1 atom stereocenters. The molecular formula is C11H18N2O2S. The largest absolute Gasteiger partial charge is 0.327 e. The lowest BCUT2D eigenvalue weighted by Crippen LogP contribution is -2.25. The molecule has 0 saturated carbocycles. The van der Waals surface area contributed by atoms with Crippen LogP contribution in [0.4, 0.5) is 0 Å². The van der Waals surface area contributed by atoms with Gasteiger partial charge in [-0.25, -0.2) is 13.1 Å². The monoisotopic (exact) mass is 242 g/mol. The molecule has 0 bridgehead atoms. The summed E-state index contributed by atoms with van der Waals surface area (Å²) in [5, 5.41) is 0. The van der Waals surface area contributed by atoms with Gasteiger partial charge in [-0.2, -0.15) is 0 Å². The van der Waals surface area contributed by atoms with Crippen LogP contribution in [-0.4, -0.2) is 21.5 Å². The van der Waals surface area contributed by atoms with Gasteiger partial charge in [-0.15, -0.1) is 0 Å². The van der Waals surface area contributed by atoms with Gasteiger partial charge in [-0.3, -0.25) is 0 Å². The van der Waals surface area contributed by atoms with Crippen molar-refractivity contribution in [2.75, 3.05) is 7.05 Å². The average molecular weight is 242 g/mol. The van der Waals surface area contributed by atoms with Crippen molar-refractivity contribution in [1.82, 2.24) is 4.72 Å². The summed E-state index contributed by atoms with van der Waals surface area (Å²) in [4.78, 5) is 0.321. The molecule has 3 N–H and O–H groups in total. The van der Waals surface area contributed by atoms with Gasteiger partial charge in [0.1, 0.15) is 0 Å². The molecule has 5 heteroatoms. The first kappa shape index (κ1) is 13.2. The van der Waals surface area contributed by atoms with Crippen LogP contribution >= 0.6 is 0 Å². The maximum atomic E-state index is 11.7. The normalized spacial score (nSPS) is 13.7. The number of hydrogen-bond acceptors (Lipinski definition) is 3. The van der Waals surface area contributed by atoms with Crippen LogP contribution in [0.5, 0.6) is 0 Å². The first-order valence-electron chi connectivity index (χ1n) is 5.28. The summed E-state index contributed by atoms with van der Waals surface area (Å²) in [6, 6.07) is 6.94. The fraction of sp³-hybridized carbons (Fsp3) is 0.455. The van der Waals surface area contributed by atoms with Crippen molar-refractivity contribution in [2.24, 2.45) is 5.73 Å². The first-order valence-corrected chi connectivity index (χ1v) is 6.76. The minimum absolute atomic E-state index is 0.00629. The number of nitrogens with one attached hydrogen (secondary N) is 1. The molecule has 1 aromatic carbocycles. The summed E-state index contributed by atoms with van der Waals surface area (Å²) in [6.45, 7) is 1.99. The third kappa shape index (κ3) is 3.04. The first-order chi connectivity index (χ1) is 7.51. The Morgan fingerprint density at radius 2 is 2.00 bits per heavy atom. The number of hydrogen-bond donors (Lipinski definition) is 2. The van der Waals surface area contributed by atoms with E-state index in [1.54, 1.807) is 18.2 Å². The van der Waals surface area contributed by atoms with Crippen LogP contribution in [0.25, 0.3) is 0 Å². The number of nitrogens with two attached hydrogens (primary N) is 1. The third-order valence-electron chi connectivity index (χ3n) is 2.54. The smallest absolute Gasteiger partial charge is 0.240 e. The van der Waals surface area contributed by atoms with E-state index in [1.807, 2.05) is 13.0 Å². The predicted molar refractivity (Wildman–Crippen MR) is 64.7 cm³/mol. The maximum absolute atomic E-state index is 11.7. The van der Waals surface area contributed by atoms with E-state index in [-0.39, 0.29) is 6.04 Å². The SMILES string of the molecule is CCC(N)Cc1ccccc1S(=O)(=O)NC. The van der Waals surface area contributed by atoms with Gasteiger partial charge < -0.3 is 5.73 Å². The summed E-state index contributed by atoms with van der Waals surface area (Å²) in [5.74, 6) is 0. The highest BCUT2D eigenvalue weighted by atomic mass is 32.2. The molecule has 1 aromatic rings. The van der Waals surface area contributed by atoms with Crippen LogP contribution in [0.1, 0.15) is 18.9 Å². The van der Waals surface area contributed by atoms with E-state index < -0.39 is 10.0 Å². The second kappa shape index (κ2) is 5.43. The Bertz CT molecular complexity index is 443.